The lowest BCUT2D eigenvalue weighted by atomic mass is 9.90. The highest BCUT2D eigenvalue weighted by Gasteiger charge is 2.24. The van der Waals surface area contributed by atoms with Gasteiger partial charge in [0.1, 0.15) is 0 Å². The molecule has 0 aromatic carbocycles. The molecule has 0 fully saturated rings. The third-order valence-corrected chi connectivity index (χ3v) is 3.81. The van der Waals surface area contributed by atoms with Gasteiger partial charge in [0.25, 0.3) is 0 Å². The summed E-state index contributed by atoms with van der Waals surface area (Å²) in [6, 6.07) is 2.03. The molecular formula is C13H12N2OS. The number of carbonyl (C=O) groups excluding carboxylic acids is 1. The molecule has 0 saturated carbocycles. The van der Waals surface area contributed by atoms with Crippen molar-refractivity contribution in [3.05, 3.63) is 45.4 Å². The normalized spacial score (nSPS) is 17.5. The topological polar surface area (TPSA) is 34.9 Å². The Balaban J connectivity index is 2.00. The summed E-state index contributed by atoms with van der Waals surface area (Å²) in [4.78, 5) is 12.2. The second-order valence-corrected chi connectivity index (χ2v) is 4.96. The van der Waals surface area contributed by atoms with Crippen LogP contribution in [0.15, 0.2) is 28.6 Å². The van der Waals surface area contributed by atoms with Crippen LogP contribution >= 0.6 is 11.3 Å². The molecule has 0 saturated heterocycles. The Morgan fingerprint density at radius 2 is 2.35 bits per heavy atom. The predicted molar refractivity (Wildman–Crippen MR) is 68.2 cm³/mol. The highest BCUT2D eigenvalue weighted by Crippen LogP contribution is 2.26. The van der Waals surface area contributed by atoms with E-state index < -0.39 is 0 Å². The van der Waals surface area contributed by atoms with E-state index in [4.69, 9.17) is 0 Å². The number of Topliss-reactive ketones (excluding diaryl/α,β-unsaturated/α-hetero) is 1. The average Bonchev–Trinajstić information content (AvgIpc) is 2.93. The Hall–Kier alpha value is -1.68. The van der Waals surface area contributed by atoms with Gasteiger partial charge in [-0.3, -0.25) is 9.48 Å². The van der Waals surface area contributed by atoms with Gasteiger partial charge in [0, 0.05) is 18.3 Å². The van der Waals surface area contributed by atoms with Gasteiger partial charge >= 0.3 is 0 Å². The number of aryl methyl sites for hydroxylation is 1. The zero-order valence-corrected chi connectivity index (χ0v) is 10.3. The van der Waals surface area contributed by atoms with E-state index in [9.17, 15) is 4.79 Å². The number of rotatable bonds is 1. The lowest BCUT2D eigenvalue weighted by Crippen LogP contribution is -2.14. The summed E-state index contributed by atoms with van der Waals surface area (Å²) in [5.74, 6) is 0.130. The molecule has 0 spiro atoms. The van der Waals surface area contributed by atoms with Crippen LogP contribution in [0, 0.1) is 0 Å². The van der Waals surface area contributed by atoms with Gasteiger partial charge in [-0.05, 0) is 41.3 Å². The van der Waals surface area contributed by atoms with Crippen molar-refractivity contribution in [1.29, 1.82) is 0 Å². The van der Waals surface area contributed by atoms with E-state index in [1.54, 1.807) is 22.2 Å². The lowest BCUT2D eigenvalue weighted by Gasteiger charge is -2.14. The van der Waals surface area contributed by atoms with E-state index in [1.165, 1.54) is 0 Å². The standard InChI is InChI=1S/C13H12N2OS/c1-15-12-3-2-10(6-9-4-5-17-8-9)13(16)11(12)7-14-15/h4-8H,2-3H2,1H3. The van der Waals surface area contributed by atoms with Crippen molar-refractivity contribution in [2.75, 3.05) is 0 Å². The molecule has 17 heavy (non-hydrogen) atoms. The molecular weight excluding hydrogens is 232 g/mol. The van der Waals surface area contributed by atoms with Crippen LogP contribution in [0.2, 0.25) is 0 Å². The molecule has 2 aromatic rings. The van der Waals surface area contributed by atoms with E-state index in [0.29, 0.717) is 0 Å². The molecule has 0 atom stereocenters. The fourth-order valence-corrected chi connectivity index (χ4v) is 2.80. The smallest absolute Gasteiger partial charge is 0.192 e. The minimum atomic E-state index is 0.130. The zero-order valence-electron chi connectivity index (χ0n) is 9.51. The third kappa shape index (κ3) is 1.74. The number of ketones is 1. The van der Waals surface area contributed by atoms with Crippen molar-refractivity contribution < 1.29 is 4.79 Å². The van der Waals surface area contributed by atoms with Crippen LogP contribution in [0.3, 0.4) is 0 Å². The van der Waals surface area contributed by atoms with E-state index >= 15 is 0 Å². The van der Waals surface area contributed by atoms with Gasteiger partial charge in [-0.1, -0.05) is 0 Å². The molecule has 3 nitrogen and oxygen atoms in total. The summed E-state index contributed by atoms with van der Waals surface area (Å²) < 4.78 is 1.80. The molecule has 0 unspecified atom stereocenters. The summed E-state index contributed by atoms with van der Waals surface area (Å²) in [5, 5.41) is 8.23. The maximum Gasteiger partial charge on any atom is 0.192 e. The second-order valence-electron chi connectivity index (χ2n) is 4.18. The van der Waals surface area contributed by atoms with Crippen LogP contribution in [-0.2, 0) is 13.5 Å². The first-order chi connectivity index (χ1) is 8.25. The number of hydrogen-bond acceptors (Lipinski definition) is 3. The van der Waals surface area contributed by atoms with Crippen LogP contribution < -0.4 is 0 Å². The minimum Gasteiger partial charge on any atom is -0.289 e. The maximum atomic E-state index is 12.2. The molecule has 0 radical (unpaired) electrons. The molecule has 0 aliphatic heterocycles. The molecule has 4 heteroatoms. The largest absolute Gasteiger partial charge is 0.289 e. The Morgan fingerprint density at radius 3 is 3.12 bits per heavy atom. The number of fused-ring (bicyclic) bond motifs is 1. The Kier molecular flexibility index (Phi) is 2.44. The average molecular weight is 244 g/mol. The van der Waals surface area contributed by atoms with Gasteiger partial charge in [0.05, 0.1) is 11.8 Å². The Bertz CT molecular complexity index is 593. The van der Waals surface area contributed by atoms with Gasteiger partial charge in [0.2, 0.25) is 0 Å². The summed E-state index contributed by atoms with van der Waals surface area (Å²) in [6.07, 6.45) is 5.38. The summed E-state index contributed by atoms with van der Waals surface area (Å²) in [7, 11) is 1.89. The molecule has 0 bridgehead atoms. The lowest BCUT2D eigenvalue weighted by molar-refractivity contribution is 0.102. The van der Waals surface area contributed by atoms with Crippen LogP contribution in [0.25, 0.3) is 6.08 Å². The Labute approximate surface area is 103 Å². The SMILES string of the molecule is Cn1ncc2c1CCC(=Cc1ccsc1)C2=O. The maximum absolute atomic E-state index is 12.2. The van der Waals surface area contributed by atoms with E-state index in [1.807, 2.05) is 24.6 Å². The first-order valence-electron chi connectivity index (χ1n) is 5.54. The third-order valence-electron chi connectivity index (χ3n) is 3.11. The predicted octanol–water partition coefficient (Wildman–Crippen LogP) is 2.69. The molecule has 86 valence electrons. The van der Waals surface area contributed by atoms with E-state index in [0.717, 1.165) is 35.2 Å². The van der Waals surface area contributed by atoms with Gasteiger partial charge in [-0.2, -0.15) is 16.4 Å². The molecule has 2 aromatic heterocycles. The summed E-state index contributed by atoms with van der Waals surface area (Å²) >= 11 is 1.65. The van der Waals surface area contributed by atoms with Crippen LogP contribution in [-0.4, -0.2) is 15.6 Å². The van der Waals surface area contributed by atoms with E-state index in [2.05, 4.69) is 10.5 Å². The molecule has 1 aliphatic rings. The van der Waals surface area contributed by atoms with Crippen LogP contribution in [0.1, 0.15) is 28.0 Å². The fourth-order valence-electron chi connectivity index (χ4n) is 2.18. The molecule has 2 heterocycles. The molecule has 0 amide bonds. The minimum absolute atomic E-state index is 0.130. The van der Waals surface area contributed by atoms with Crippen molar-refractivity contribution in [1.82, 2.24) is 9.78 Å². The molecule has 1 aliphatic carbocycles. The first-order valence-corrected chi connectivity index (χ1v) is 6.48. The van der Waals surface area contributed by atoms with Crippen molar-refractivity contribution in [2.24, 2.45) is 7.05 Å². The first kappa shape index (κ1) is 10.5. The van der Waals surface area contributed by atoms with Crippen LogP contribution in [0.4, 0.5) is 0 Å². The number of thiophene rings is 1. The quantitative estimate of drug-likeness (QED) is 0.723. The Morgan fingerprint density at radius 1 is 1.47 bits per heavy atom. The highest BCUT2D eigenvalue weighted by molar-refractivity contribution is 7.08. The number of allylic oxidation sites excluding steroid dienone is 1. The van der Waals surface area contributed by atoms with Gasteiger partial charge in [-0.15, -0.1) is 0 Å². The van der Waals surface area contributed by atoms with Crippen molar-refractivity contribution in [2.45, 2.75) is 12.8 Å². The molecule has 3 rings (SSSR count). The summed E-state index contributed by atoms with van der Waals surface area (Å²) in [6.45, 7) is 0. The number of carbonyl (C=O) groups is 1. The molecule has 0 N–H and O–H groups in total. The fraction of sp³-hybridized carbons (Fsp3) is 0.231. The van der Waals surface area contributed by atoms with Crippen molar-refractivity contribution >= 4 is 23.2 Å². The second kappa shape index (κ2) is 3.96. The van der Waals surface area contributed by atoms with E-state index in [-0.39, 0.29) is 5.78 Å². The van der Waals surface area contributed by atoms with Gasteiger partial charge in [0.15, 0.2) is 5.78 Å². The highest BCUT2D eigenvalue weighted by atomic mass is 32.1. The number of nitrogens with zero attached hydrogens (tertiary/aromatic N) is 2. The van der Waals surface area contributed by atoms with Crippen molar-refractivity contribution in [3.8, 4) is 0 Å². The van der Waals surface area contributed by atoms with Crippen molar-refractivity contribution in [3.63, 3.8) is 0 Å². The van der Waals surface area contributed by atoms with Crippen LogP contribution in [0.5, 0.6) is 0 Å². The van der Waals surface area contributed by atoms with Gasteiger partial charge < -0.3 is 0 Å². The number of hydrogen-bond donors (Lipinski definition) is 0. The zero-order chi connectivity index (χ0) is 11.8. The summed E-state index contributed by atoms with van der Waals surface area (Å²) in [5.41, 5.74) is 3.83. The number of aromatic nitrogens is 2. The van der Waals surface area contributed by atoms with Gasteiger partial charge in [-0.25, -0.2) is 0 Å². The monoisotopic (exact) mass is 244 g/mol.